The number of benzene rings is 2. The van der Waals surface area contributed by atoms with Crippen molar-refractivity contribution in [3.63, 3.8) is 0 Å². The Balaban J connectivity index is 2.25. The number of aromatic hydroxyl groups is 1. The number of halogens is 1. The number of ketones is 1. The van der Waals surface area contributed by atoms with E-state index >= 15 is 0 Å². The second-order valence-corrected chi connectivity index (χ2v) is 4.47. The fourth-order valence-corrected chi connectivity index (χ4v) is 1.91. The Kier molecular flexibility index (Phi) is 4.78. The van der Waals surface area contributed by atoms with E-state index in [0.29, 0.717) is 17.1 Å². The standard InChI is InChI=1S/C17H15FO4/c1-21-16-8-4-12(10-17(16)22-2)14(19)6-3-11-9-13(18)5-7-15(11)20/h3-10,20H,1-2H3/b6-3+. The van der Waals surface area contributed by atoms with Crippen LogP contribution in [0.5, 0.6) is 17.2 Å². The van der Waals surface area contributed by atoms with Crippen LogP contribution >= 0.6 is 0 Å². The molecular weight excluding hydrogens is 287 g/mol. The quantitative estimate of drug-likeness (QED) is 0.679. The lowest BCUT2D eigenvalue weighted by molar-refractivity contribution is 0.104. The zero-order valence-corrected chi connectivity index (χ0v) is 12.2. The molecule has 0 amide bonds. The van der Waals surface area contributed by atoms with Crippen molar-refractivity contribution < 1.29 is 23.8 Å². The lowest BCUT2D eigenvalue weighted by Crippen LogP contribution is -1.97. The van der Waals surface area contributed by atoms with Crippen LogP contribution in [0.15, 0.2) is 42.5 Å². The van der Waals surface area contributed by atoms with Crippen molar-refractivity contribution in [1.29, 1.82) is 0 Å². The molecule has 4 nitrogen and oxygen atoms in total. The lowest BCUT2D eigenvalue weighted by atomic mass is 10.1. The van der Waals surface area contributed by atoms with Gasteiger partial charge in [-0.25, -0.2) is 4.39 Å². The van der Waals surface area contributed by atoms with Gasteiger partial charge >= 0.3 is 0 Å². The summed E-state index contributed by atoms with van der Waals surface area (Å²) in [7, 11) is 2.98. The second-order valence-electron chi connectivity index (χ2n) is 4.47. The maximum Gasteiger partial charge on any atom is 0.185 e. The zero-order chi connectivity index (χ0) is 16.1. The summed E-state index contributed by atoms with van der Waals surface area (Å²) in [6.07, 6.45) is 2.62. The normalized spacial score (nSPS) is 10.7. The molecule has 0 aliphatic carbocycles. The maximum atomic E-state index is 13.1. The van der Waals surface area contributed by atoms with Crippen molar-refractivity contribution >= 4 is 11.9 Å². The van der Waals surface area contributed by atoms with Crippen LogP contribution in [0.1, 0.15) is 15.9 Å². The molecule has 0 bridgehead atoms. The average Bonchev–Trinajstić information content (AvgIpc) is 2.54. The highest BCUT2D eigenvalue weighted by atomic mass is 19.1. The number of hydrogen-bond acceptors (Lipinski definition) is 4. The minimum Gasteiger partial charge on any atom is -0.507 e. The van der Waals surface area contributed by atoms with Crippen LogP contribution < -0.4 is 9.47 Å². The van der Waals surface area contributed by atoms with Crippen LogP contribution in [-0.4, -0.2) is 25.1 Å². The molecule has 0 saturated heterocycles. The van der Waals surface area contributed by atoms with Gasteiger partial charge in [-0.2, -0.15) is 0 Å². The average molecular weight is 302 g/mol. The third kappa shape index (κ3) is 3.44. The molecule has 2 aromatic rings. The Hall–Kier alpha value is -2.82. The van der Waals surface area contributed by atoms with E-state index in [9.17, 15) is 14.3 Å². The Morgan fingerprint density at radius 2 is 1.82 bits per heavy atom. The molecule has 2 aromatic carbocycles. The van der Waals surface area contributed by atoms with Gasteiger partial charge in [0.25, 0.3) is 0 Å². The first kappa shape index (κ1) is 15.6. The topological polar surface area (TPSA) is 55.8 Å². The molecule has 5 heteroatoms. The Morgan fingerprint density at radius 1 is 1.09 bits per heavy atom. The van der Waals surface area contributed by atoms with Crippen LogP contribution in [0.25, 0.3) is 6.08 Å². The highest BCUT2D eigenvalue weighted by Gasteiger charge is 2.09. The first-order valence-corrected chi connectivity index (χ1v) is 6.48. The van der Waals surface area contributed by atoms with Gasteiger partial charge in [0.05, 0.1) is 14.2 Å². The van der Waals surface area contributed by atoms with E-state index in [1.54, 1.807) is 18.2 Å². The Labute approximate surface area is 127 Å². The SMILES string of the molecule is COc1ccc(C(=O)/C=C/c2cc(F)ccc2O)cc1OC. The monoisotopic (exact) mass is 302 g/mol. The summed E-state index contributed by atoms with van der Waals surface area (Å²) in [6.45, 7) is 0. The third-order valence-corrected chi connectivity index (χ3v) is 3.07. The van der Waals surface area contributed by atoms with Gasteiger partial charge in [-0.1, -0.05) is 0 Å². The number of hydrogen-bond donors (Lipinski definition) is 1. The summed E-state index contributed by atoms with van der Waals surface area (Å²) in [5.74, 6) is 0.0690. The smallest absolute Gasteiger partial charge is 0.185 e. The van der Waals surface area contributed by atoms with Gasteiger partial charge in [0.2, 0.25) is 0 Å². The molecule has 0 aliphatic rings. The number of carbonyl (C=O) groups is 1. The van der Waals surface area contributed by atoms with Crippen molar-refractivity contribution in [2.45, 2.75) is 0 Å². The lowest BCUT2D eigenvalue weighted by Gasteiger charge is -2.08. The van der Waals surface area contributed by atoms with Gasteiger partial charge in [-0.15, -0.1) is 0 Å². The molecule has 0 heterocycles. The van der Waals surface area contributed by atoms with Gasteiger partial charge < -0.3 is 14.6 Å². The van der Waals surface area contributed by atoms with Crippen LogP contribution in [0.2, 0.25) is 0 Å². The van der Waals surface area contributed by atoms with E-state index in [1.165, 1.54) is 32.4 Å². The summed E-state index contributed by atoms with van der Waals surface area (Å²) in [5.41, 5.74) is 0.624. The van der Waals surface area contributed by atoms with Gasteiger partial charge in [-0.3, -0.25) is 4.79 Å². The molecule has 0 aliphatic heterocycles. The molecule has 0 aromatic heterocycles. The minimum atomic E-state index is -0.490. The molecule has 0 fully saturated rings. The zero-order valence-electron chi connectivity index (χ0n) is 12.2. The van der Waals surface area contributed by atoms with Crippen molar-refractivity contribution in [2.75, 3.05) is 14.2 Å². The van der Waals surface area contributed by atoms with Crippen molar-refractivity contribution in [2.24, 2.45) is 0 Å². The molecule has 114 valence electrons. The van der Waals surface area contributed by atoms with E-state index in [1.807, 2.05) is 0 Å². The van der Waals surface area contributed by atoms with Crippen molar-refractivity contribution in [3.8, 4) is 17.2 Å². The van der Waals surface area contributed by atoms with Crippen LogP contribution in [0.3, 0.4) is 0 Å². The number of allylic oxidation sites excluding steroid dienone is 1. The summed E-state index contributed by atoms with van der Waals surface area (Å²) in [6, 6.07) is 8.29. The van der Waals surface area contributed by atoms with Gasteiger partial charge in [0.15, 0.2) is 17.3 Å². The molecule has 0 atom stereocenters. The fourth-order valence-electron chi connectivity index (χ4n) is 1.91. The Morgan fingerprint density at radius 3 is 2.50 bits per heavy atom. The molecule has 1 N–H and O–H groups in total. The largest absolute Gasteiger partial charge is 0.507 e. The number of methoxy groups -OCH3 is 2. The molecular formula is C17H15FO4. The molecule has 22 heavy (non-hydrogen) atoms. The molecule has 0 radical (unpaired) electrons. The van der Waals surface area contributed by atoms with Crippen LogP contribution in [-0.2, 0) is 0 Å². The van der Waals surface area contributed by atoms with Crippen molar-refractivity contribution in [1.82, 2.24) is 0 Å². The van der Waals surface area contributed by atoms with Crippen molar-refractivity contribution in [3.05, 3.63) is 59.4 Å². The fraction of sp³-hybridized carbons (Fsp3) is 0.118. The molecule has 0 spiro atoms. The van der Waals surface area contributed by atoms with Gasteiger partial charge in [0, 0.05) is 11.1 Å². The number of carbonyl (C=O) groups excluding carboxylic acids is 1. The highest BCUT2D eigenvalue weighted by Crippen LogP contribution is 2.28. The first-order valence-electron chi connectivity index (χ1n) is 6.48. The second kappa shape index (κ2) is 6.76. The minimum absolute atomic E-state index is 0.0993. The van der Waals surface area contributed by atoms with E-state index in [2.05, 4.69) is 0 Å². The van der Waals surface area contributed by atoms with Crippen LogP contribution in [0, 0.1) is 5.82 Å². The van der Waals surface area contributed by atoms with E-state index in [4.69, 9.17) is 9.47 Å². The maximum absolute atomic E-state index is 13.1. The Bertz CT molecular complexity index is 723. The molecule has 0 unspecified atom stereocenters. The summed E-state index contributed by atoms with van der Waals surface area (Å²) >= 11 is 0. The summed E-state index contributed by atoms with van der Waals surface area (Å²) in [4.78, 5) is 12.1. The van der Waals surface area contributed by atoms with E-state index < -0.39 is 5.82 Å². The summed E-state index contributed by atoms with van der Waals surface area (Å²) in [5, 5.41) is 9.60. The predicted molar refractivity (Wildman–Crippen MR) is 81.0 cm³/mol. The molecule has 0 saturated carbocycles. The first-order chi connectivity index (χ1) is 10.5. The van der Waals surface area contributed by atoms with E-state index in [0.717, 1.165) is 12.1 Å². The predicted octanol–water partition coefficient (Wildman–Crippen LogP) is 3.44. The summed E-state index contributed by atoms with van der Waals surface area (Å²) < 4.78 is 23.4. The number of phenols is 1. The highest BCUT2D eigenvalue weighted by molar-refractivity contribution is 6.07. The number of rotatable bonds is 5. The number of phenolic OH excluding ortho intramolecular Hbond substituents is 1. The van der Waals surface area contributed by atoms with Gasteiger partial charge in [0.1, 0.15) is 11.6 Å². The van der Waals surface area contributed by atoms with Crippen LogP contribution in [0.4, 0.5) is 4.39 Å². The molecule has 2 rings (SSSR count). The van der Waals surface area contributed by atoms with Gasteiger partial charge in [-0.05, 0) is 48.6 Å². The van der Waals surface area contributed by atoms with E-state index in [-0.39, 0.29) is 17.1 Å². The number of ether oxygens (including phenoxy) is 2. The third-order valence-electron chi connectivity index (χ3n) is 3.07.